The molecule has 2 rings (SSSR count). The van der Waals surface area contributed by atoms with Crippen LogP contribution in [0.5, 0.6) is 11.5 Å². The van der Waals surface area contributed by atoms with E-state index in [1.807, 2.05) is 19.2 Å². The molecule has 2 N–H and O–H groups in total. The number of nitrogens with two attached hydrogens (primary N) is 1. The molecule has 0 unspecified atom stereocenters. The van der Waals surface area contributed by atoms with Gasteiger partial charge >= 0.3 is 0 Å². The molecule has 2 aromatic rings. The molecule has 0 atom stereocenters. The monoisotopic (exact) mass is 334 g/mol. The molecular formula is C18H26N2O2S. The maximum absolute atomic E-state index is 5.89. The second-order valence-corrected chi connectivity index (χ2v) is 7.24. The molecule has 0 amide bonds. The fourth-order valence-corrected chi connectivity index (χ4v) is 2.98. The Kier molecular flexibility index (Phi) is 5.65. The summed E-state index contributed by atoms with van der Waals surface area (Å²) in [6.45, 7) is 12.1. The van der Waals surface area contributed by atoms with E-state index in [1.54, 1.807) is 11.3 Å². The summed E-state index contributed by atoms with van der Waals surface area (Å²) in [5.41, 5.74) is 8.78. The summed E-state index contributed by atoms with van der Waals surface area (Å²) in [6.07, 6.45) is 0. The number of hydrogen-bond acceptors (Lipinski definition) is 5. The van der Waals surface area contributed by atoms with Crippen LogP contribution >= 0.6 is 11.3 Å². The Morgan fingerprint density at radius 3 is 2.35 bits per heavy atom. The lowest BCUT2D eigenvalue weighted by Gasteiger charge is -2.23. The van der Waals surface area contributed by atoms with Crippen molar-refractivity contribution in [2.75, 3.05) is 13.2 Å². The van der Waals surface area contributed by atoms with E-state index in [0.717, 1.165) is 27.8 Å². The second-order valence-electron chi connectivity index (χ2n) is 6.30. The molecule has 0 spiro atoms. The second kappa shape index (κ2) is 7.32. The van der Waals surface area contributed by atoms with Crippen LogP contribution in [0.1, 0.15) is 45.2 Å². The summed E-state index contributed by atoms with van der Waals surface area (Å²) >= 11 is 1.57. The van der Waals surface area contributed by atoms with Crippen LogP contribution in [0.3, 0.4) is 0 Å². The molecule has 1 aromatic heterocycles. The van der Waals surface area contributed by atoms with E-state index in [0.29, 0.717) is 19.8 Å². The molecule has 23 heavy (non-hydrogen) atoms. The highest BCUT2D eigenvalue weighted by Crippen LogP contribution is 2.42. The van der Waals surface area contributed by atoms with Crippen LogP contribution in [0, 0.1) is 0 Å². The van der Waals surface area contributed by atoms with E-state index < -0.39 is 0 Å². The van der Waals surface area contributed by atoms with Crippen LogP contribution in [0.15, 0.2) is 17.5 Å². The van der Waals surface area contributed by atoms with Crippen molar-refractivity contribution in [3.05, 3.63) is 28.1 Å². The molecule has 0 saturated carbocycles. The van der Waals surface area contributed by atoms with Crippen LogP contribution in [0.25, 0.3) is 11.3 Å². The third kappa shape index (κ3) is 4.03. The van der Waals surface area contributed by atoms with Gasteiger partial charge in [0.15, 0.2) is 11.5 Å². The van der Waals surface area contributed by atoms with Gasteiger partial charge in [-0.2, -0.15) is 0 Å². The molecule has 0 aliphatic rings. The smallest absolute Gasteiger partial charge is 0.170 e. The molecule has 0 radical (unpaired) electrons. The van der Waals surface area contributed by atoms with Crippen LogP contribution in [0.4, 0.5) is 0 Å². The fourth-order valence-electron chi connectivity index (χ4n) is 2.31. The van der Waals surface area contributed by atoms with Crippen molar-refractivity contribution in [3.8, 4) is 22.8 Å². The molecular weight excluding hydrogens is 308 g/mol. The number of aromatic nitrogens is 1. The largest absolute Gasteiger partial charge is 0.490 e. The molecule has 0 aliphatic carbocycles. The van der Waals surface area contributed by atoms with E-state index in [-0.39, 0.29) is 5.41 Å². The molecule has 0 saturated heterocycles. The van der Waals surface area contributed by atoms with E-state index in [9.17, 15) is 0 Å². The number of hydrogen-bond donors (Lipinski definition) is 1. The molecule has 1 aromatic carbocycles. The van der Waals surface area contributed by atoms with Gasteiger partial charge in [-0.25, -0.2) is 4.98 Å². The lowest BCUT2D eigenvalue weighted by Crippen LogP contribution is -2.12. The average molecular weight is 334 g/mol. The quantitative estimate of drug-likeness (QED) is 0.852. The standard InChI is InChI=1S/C18H26N2O2S/c1-6-21-15-9-12(18(3,4)5)8-13(17(15)22-7-2)14-11-23-16(10-19)20-14/h8-9,11H,6-7,10,19H2,1-5H3. The van der Waals surface area contributed by atoms with Gasteiger partial charge in [0.1, 0.15) is 5.01 Å². The molecule has 126 valence electrons. The highest BCUT2D eigenvalue weighted by molar-refractivity contribution is 7.09. The fraction of sp³-hybridized carbons (Fsp3) is 0.500. The maximum Gasteiger partial charge on any atom is 0.170 e. The Labute approximate surface area is 142 Å². The third-order valence-electron chi connectivity index (χ3n) is 3.51. The molecule has 1 heterocycles. The summed E-state index contributed by atoms with van der Waals surface area (Å²) in [6, 6.07) is 4.23. The van der Waals surface area contributed by atoms with Crippen LogP contribution in [-0.4, -0.2) is 18.2 Å². The first-order valence-corrected chi connectivity index (χ1v) is 8.87. The van der Waals surface area contributed by atoms with Crippen LogP contribution < -0.4 is 15.2 Å². The number of thiazole rings is 1. The Bertz CT molecular complexity index is 660. The van der Waals surface area contributed by atoms with Crippen molar-refractivity contribution in [1.29, 1.82) is 0 Å². The zero-order valence-corrected chi connectivity index (χ0v) is 15.4. The Morgan fingerprint density at radius 2 is 1.83 bits per heavy atom. The van der Waals surface area contributed by atoms with Gasteiger partial charge in [0.2, 0.25) is 0 Å². The minimum Gasteiger partial charge on any atom is -0.490 e. The normalized spacial score (nSPS) is 11.6. The number of rotatable bonds is 6. The van der Waals surface area contributed by atoms with E-state index in [2.05, 4.69) is 37.9 Å². The average Bonchev–Trinajstić information content (AvgIpc) is 2.97. The lowest BCUT2D eigenvalue weighted by molar-refractivity contribution is 0.288. The third-order valence-corrected chi connectivity index (χ3v) is 4.38. The van der Waals surface area contributed by atoms with Gasteiger partial charge in [0.05, 0.1) is 18.9 Å². The predicted octanol–water partition coefficient (Wildman–Crippen LogP) is 4.36. The van der Waals surface area contributed by atoms with Crippen molar-refractivity contribution in [3.63, 3.8) is 0 Å². The van der Waals surface area contributed by atoms with Gasteiger partial charge < -0.3 is 15.2 Å². The SMILES string of the molecule is CCOc1cc(C(C)(C)C)cc(-c2csc(CN)n2)c1OCC. The van der Waals surface area contributed by atoms with Crippen molar-refractivity contribution in [2.45, 2.75) is 46.6 Å². The number of ether oxygens (including phenoxy) is 2. The van der Waals surface area contributed by atoms with Crippen molar-refractivity contribution >= 4 is 11.3 Å². The van der Waals surface area contributed by atoms with Gasteiger partial charge in [-0.05, 0) is 37.0 Å². The minimum atomic E-state index is 0.0120. The summed E-state index contributed by atoms with van der Waals surface area (Å²) in [5.74, 6) is 1.54. The summed E-state index contributed by atoms with van der Waals surface area (Å²) in [4.78, 5) is 4.62. The highest BCUT2D eigenvalue weighted by atomic mass is 32.1. The van der Waals surface area contributed by atoms with Crippen LogP contribution in [-0.2, 0) is 12.0 Å². The Morgan fingerprint density at radius 1 is 1.13 bits per heavy atom. The first-order valence-electron chi connectivity index (χ1n) is 7.99. The topological polar surface area (TPSA) is 57.4 Å². The van der Waals surface area contributed by atoms with Gasteiger partial charge in [0, 0.05) is 17.5 Å². The van der Waals surface area contributed by atoms with Gasteiger partial charge in [0.25, 0.3) is 0 Å². The minimum absolute atomic E-state index is 0.0120. The van der Waals surface area contributed by atoms with E-state index in [1.165, 1.54) is 5.56 Å². The Balaban J connectivity index is 2.66. The molecule has 5 heteroatoms. The van der Waals surface area contributed by atoms with E-state index >= 15 is 0 Å². The van der Waals surface area contributed by atoms with Crippen molar-refractivity contribution in [1.82, 2.24) is 4.98 Å². The summed E-state index contributed by atoms with van der Waals surface area (Å²) in [5, 5.41) is 2.95. The first kappa shape index (κ1) is 17.8. The predicted molar refractivity (Wildman–Crippen MR) is 96.5 cm³/mol. The van der Waals surface area contributed by atoms with E-state index in [4.69, 9.17) is 15.2 Å². The molecule has 4 nitrogen and oxygen atoms in total. The number of nitrogens with zero attached hydrogens (tertiary/aromatic N) is 1. The molecule has 0 aliphatic heterocycles. The lowest BCUT2D eigenvalue weighted by atomic mass is 9.85. The van der Waals surface area contributed by atoms with Gasteiger partial charge in [-0.3, -0.25) is 0 Å². The van der Waals surface area contributed by atoms with Crippen molar-refractivity contribution in [2.24, 2.45) is 5.73 Å². The number of benzene rings is 1. The van der Waals surface area contributed by atoms with Gasteiger partial charge in [-0.15, -0.1) is 11.3 Å². The zero-order chi connectivity index (χ0) is 17.0. The molecule has 0 fully saturated rings. The maximum atomic E-state index is 5.89. The first-order chi connectivity index (χ1) is 10.9. The zero-order valence-electron chi connectivity index (χ0n) is 14.6. The van der Waals surface area contributed by atoms with Gasteiger partial charge in [-0.1, -0.05) is 20.8 Å². The van der Waals surface area contributed by atoms with Crippen LogP contribution in [0.2, 0.25) is 0 Å². The summed E-state index contributed by atoms with van der Waals surface area (Å²) < 4.78 is 11.7. The molecule has 0 bridgehead atoms. The summed E-state index contributed by atoms with van der Waals surface area (Å²) in [7, 11) is 0. The Hall–Kier alpha value is -1.59. The van der Waals surface area contributed by atoms with Crippen molar-refractivity contribution < 1.29 is 9.47 Å². The highest BCUT2D eigenvalue weighted by Gasteiger charge is 2.22.